The van der Waals surface area contributed by atoms with Crippen molar-refractivity contribution in [2.45, 2.75) is 64.5 Å². The summed E-state index contributed by atoms with van der Waals surface area (Å²) in [6.45, 7) is 4.37. The molecule has 0 radical (unpaired) electrons. The molecular weight excluding hydrogens is 263 g/mol. The van der Waals surface area contributed by atoms with Crippen LogP contribution >= 0.6 is 0 Å². The summed E-state index contributed by atoms with van der Waals surface area (Å²) in [5, 5.41) is 0. The van der Waals surface area contributed by atoms with E-state index >= 15 is 0 Å². The maximum atomic E-state index is 14.5. The summed E-state index contributed by atoms with van der Waals surface area (Å²) in [7, 11) is 2.05. The van der Waals surface area contributed by atoms with Crippen LogP contribution in [0.2, 0.25) is 0 Å². The Bertz CT molecular complexity index is 461. The fourth-order valence-corrected chi connectivity index (χ4v) is 3.58. The lowest BCUT2D eigenvalue weighted by Gasteiger charge is -2.39. The van der Waals surface area contributed by atoms with E-state index in [1.54, 1.807) is 12.1 Å². The third kappa shape index (κ3) is 3.76. The molecule has 118 valence electrons. The van der Waals surface area contributed by atoms with Gasteiger partial charge in [-0.05, 0) is 43.2 Å². The molecule has 0 amide bonds. The van der Waals surface area contributed by atoms with Gasteiger partial charge in [0.25, 0.3) is 0 Å². The van der Waals surface area contributed by atoms with Gasteiger partial charge in [0.2, 0.25) is 0 Å². The Morgan fingerprint density at radius 3 is 2.71 bits per heavy atom. The quantitative estimate of drug-likeness (QED) is 0.884. The lowest BCUT2D eigenvalue weighted by molar-refractivity contribution is 0.320. The molecule has 0 spiro atoms. The van der Waals surface area contributed by atoms with Crippen LogP contribution in [-0.2, 0) is 6.42 Å². The van der Waals surface area contributed by atoms with Gasteiger partial charge in [0.1, 0.15) is 5.82 Å². The van der Waals surface area contributed by atoms with Crippen molar-refractivity contribution < 1.29 is 4.39 Å². The first-order valence-corrected chi connectivity index (χ1v) is 8.30. The lowest BCUT2D eigenvalue weighted by Crippen LogP contribution is -2.40. The van der Waals surface area contributed by atoms with Crippen molar-refractivity contribution in [1.29, 1.82) is 0 Å². The molecule has 1 aromatic carbocycles. The molecular formula is C18H29FN2. The number of halogens is 1. The molecule has 0 heterocycles. The molecule has 2 nitrogen and oxygen atoms in total. The fraction of sp³-hybridized carbons (Fsp3) is 0.667. The van der Waals surface area contributed by atoms with Gasteiger partial charge in [0.15, 0.2) is 0 Å². The Labute approximate surface area is 128 Å². The van der Waals surface area contributed by atoms with Crippen molar-refractivity contribution in [1.82, 2.24) is 0 Å². The van der Waals surface area contributed by atoms with Crippen LogP contribution in [0.15, 0.2) is 18.2 Å². The number of anilines is 1. The largest absolute Gasteiger partial charge is 0.369 e. The highest BCUT2D eigenvalue weighted by Gasteiger charge is 2.27. The standard InChI is InChI=1S/C18H29FN2/c1-4-15(20)12-14-9-7-10-16(19)18(14)21(3)17-11-6-5-8-13(17)2/h7,9-10,13,15,17H,4-6,8,11-12,20H2,1-3H3. The van der Waals surface area contributed by atoms with Gasteiger partial charge in [-0.25, -0.2) is 4.39 Å². The zero-order valence-corrected chi connectivity index (χ0v) is 13.6. The summed E-state index contributed by atoms with van der Waals surface area (Å²) in [6.07, 6.45) is 6.61. The van der Waals surface area contributed by atoms with Crippen molar-refractivity contribution in [3.05, 3.63) is 29.6 Å². The lowest BCUT2D eigenvalue weighted by atomic mass is 9.84. The minimum Gasteiger partial charge on any atom is -0.369 e. The van der Waals surface area contributed by atoms with Crippen molar-refractivity contribution in [3.63, 3.8) is 0 Å². The van der Waals surface area contributed by atoms with Gasteiger partial charge >= 0.3 is 0 Å². The Hall–Kier alpha value is -1.09. The normalized spacial score (nSPS) is 23.9. The number of nitrogens with zero attached hydrogens (tertiary/aromatic N) is 1. The number of benzene rings is 1. The van der Waals surface area contributed by atoms with Gasteiger partial charge < -0.3 is 10.6 Å². The smallest absolute Gasteiger partial charge is 0.146 e. The Morgan fingerprint density at radius 2 is 2.05 bits per heavy atom. The first-order valence-electron chi connectivity index (χ1n) is 8.30. The van der Waals surface area contributed by atoms with E-state index in [2.05, 4.69) is 18.7 Å². The van der Waals surface area contributed by atoms with E-state index in [-0.39, 0.29) is 11.9 Å². The van der Waals surface area contributed by atoms with E-state index in [0.717, 1.165) is 30.5 Å². The summed E-state index contributed by atoms with van der Waals surface area (Å²) in [6, 6.07) is 5.93. The average Bonchev–Trinajstić information content (AvgIpc) is 2.47. The van der Waals surface area contributed by atoms with Crippen LogP contribution in [0.3, 0.4) is 0 Å². The minimum atomic E-state index is -0.115. The molecule has 1 aliphatic rings. The summed E-state index contributed by atoms with van der Waals surface area (Å²) in [5.41, 5.74) is 7.90. The molecule has 3 unspecified atom stereocenters. The molecule has 1 saturated carbocycles. The van der Waals surface area contributed by atoms with E-state index in [1.165, 1.54) is 19.3 Å². The van der Waals surface area contributed by atoms with Crippen LogP contribution in [0.5, 0.6) is 0 Å². The Balaban J connectivity index is 2.28. The molecule has 0 aliphatic heterocycles. The molecule has 3 atom stereocenters. The Kier molecular flexibility index (Phi) is 5.63. The summed E-state index contributed by atoms with van der Waals surface area (Å²) < 4.78 is 14.5. The molecule has 0 saturated heterocycles. The first kappa shape index (κ1) is 16.3. The van der Waals surface area contributed by atoms with Crippen LogP contribution in [0.25, 0.3) is 0 Å². The van der Waals surface area contributed by atoms with E-state index in [0.29, 0.717) is 12.0 Å². The van der Waals surface area contributed by atoms with Crippen LogP contribution in [-0.4, -0.2) is 19.1 Å². The highest BCUT2D eigenvalue weighted by atomic mass is 19.1. The fourth-order valence-electron chi connectivity index (χ4n) is 3.58. The summed E-state index contributed by atoms with van der Waals surface area (Å²) >= 11 is 0. The van der Waals surface area contributed by atoms with Gasteiger partial charge in [-0.15, -0.1) is 0 Å². The van der Waals surface area contributed by atoms with Crippen molar-refractivity contribution in [2.75, 3.05) is 11.9 Å². The number of rotatable bonds is 5. The molecule has 2 rings (SSSR count). The van der Waals surface area contributed by atoms with Gasteiger partial charge in [-0.1, -0.05) is 38.8 Å². The molecule has 1 aromatic rings. The molecule has 1 aliphatic carbocycles. The second-order valence-corrected chi connectivity index (χ2v) is 6.56. The highest BCUT2D eigenvalue weighted by Crippen LogP contribution is 2.34. The third-order valence-corrected chi connectivity index (χ3v) is 4.99. The van der Waals surface area contributed by atoms with Gasteiger partial charge in [0.05, 0.1) is 5.69 Å². The maximum Gasteiger partial charge on any atom is 0.146 e. The molecule has 21 heavy (non-hydrogen) atoms. The summed E-state index contributed by atoms with van der Waals surface area (Å²) in [5.74, 6) is 0.507. The molecule has 3 heteroatoms. The topological polar surface area (TPSA) is 29.3 Å². The number of para-hydroxylation sites is 1. The van der Waals surface area contributed by atoms with Crippen molar-refractivity contribution in [3.8, 4) is 0 Å². The van der Waals surface area contributed by atoms with Crippen molar-refractivity contribution >= 4 is 5.69 Å². The van der Waals surface area contributed by atoms with Gasteiger partial charge in [-0.2, -0.15) is 0 Å². The van der Waals surface area contributed by atoms with Gasteiger partial charge in [-0.3, -0.25) is 0 Å². The second-order valence-electron chi connectivity index (χ2n) is 6.56. The van der Waals surface area contributed by atoms with Crippen LogP contribution in [0.4, 0.5) is 10.1 Å². The number of hydrogen-bond donors (Lipinski definition) is 1. The SMILES string of the molecule is CCC(N)Cc1cccc(F)c1N(C)C1CCCCC1C. The molecule has 0 bridgehead atoms. The highest BCUT2D eigenvalue weighted by molar-refractivity contribution is 5.55. The van der Waals surface area contributed by atoms with E-state index in [1.807, 2.05) is 13.1 Å². The predicted octanol–water partition coefficient (Wildman–Crippen LogP) is 4.12. The number of nitrogens with two attached hydrogens (primary N) is 1. The Morgan fingerprint density at radius 1 is 1.33 bits per heavy atom. The molecule has 0 aromatic heterocycles. The zero-order valence-electron chi connectivity index (χ0n) is 13.6. The number of hydrogen-bond acceptors (Lipinski definition) is 2. The summed E-state index contributed by atoms with van der Waals surface area (Å²) in [4.78, 5) is 2.18. The first-order chi connectivity index (χ1) is 10.0. The van der Waals surface area contributed by atoms with E-state index in [9.17, 15) is 4.39 Å². The molecule has 1 fully saturated rings. The zero-order chi connectivity index (χ0) is 15.4. The van der Waals surface area contributed by atoms with E-state index in [4.69, 9.17) is 5.73 Å². The van der Waals surface area contributed by atoms with Crippen LogP contribution in [0.1, 0.15) is 51.5 Å². The molecule has 2 N–H and O–H groups in total. The van der Waals surface area contributed by atoms with Crippen molar-refractivity contribution in [2.24, 2.45) is 11.7 Å². The van der Waals surface area contributed by atoms with Crippen LogP contribution < -0.4 is 10.6 Å². The second kappa shape index (κ2) is 7.26. The maximum absolute atomic E-state index is 14.5. The predicted molar refractivity (Wildman–Crippen MR) is 88.2 cm³/mol. The average molecular weight is 292 g/mol. The minimum absolute atomic E-state index is 0.0997. The van der Waals surface area contributed by atoms with Gasteiger partial charge in [0, 0.05) is 19.1 Å². The monoisotopic (exact) mass is 292 g/mol. The van der Waals surface area contributed by atoms with E-state index < -0.39 is 0 Å². The van der Waals surface area contributed by atoms with Crippen LogP contribution in [0, 0.1) is 11.7 Å². The third-order valence-electron chi connectivity index (χ3n) is 4.99.